The second kappa shape index (κ2) is 6.43. The molecule has 20 heavy (non-hydrogen) atoms. The fraction of sp³-hybridized carbons (Fsp3) is 0.200. The van der Waals surface area contributed by atoms with Crippen LogP contribution in [0.25, 0.3) is 0 Å². The van der Waals surface area contributed by atoms with E-state index in [1.54, 1.807) is 0 Å². The first-order valence-electron chi connectivity index (χ1n) is 5.27. The van der Waals surface area contributed by atoms with Crippen molar-refractivity contribution in [3.05, 3.63) is 46.9 Å². The molecule has 0 saturated carbocycles. The lowest BCUT2D eigenvalue weighted by Gasteiger charge is -2.12. The zero-order valence-corrected chi connectivity index (χ0v) is 12.1. The topological polar surface area (TPSA) is 139 Å². The number of rotatable bonds is 5. The van der Waals surface area contributed by atoms with E-state index >= 15 is 0 Å². The van der Waals surface area contributed by atoms with Gasteiger partial charge in [-0.2, -0.15) is 37.2 Å². The van der Waals surface area contributed by atoms with Gasteiger partial charge in [0.25, 0.3) is 10.1 Å². The van der Waals surface area contributed by atoms with E-state index in [0.29, 0.717) is 0 Å². The van der Waals surface area contributed by atoms with Gasteiger partial charge in [0.15, 0.2) is 0 Å². The lowest BCUT2D eigenvalue weighted by Crippen LogP contribution is -2.24. The Morgan fingerprint density at radius 1 is 1.00 bits per heavy atom. The van der Waals surface area contributed by atoms with E-state index in [1.165, 1.54) is 43.4 Å². The van der Waals surface area contributed by atoms with Gasteiger partial charge in [-0.25, -0.2) is 0 Å². The molecular formula is C10H14N2O6S2. The molecule has 8 nitrogen and oxygen atoms in total. The molecule has 1 rings (SSSR count). The average Bonchev–Trinajstić information content (AvgIpc) is 2.37. The van der Waals surface area contributed by atoms with Gasteiger partial charge < -0.3 is 0 Å². The van der Waals surface area contributed by atoms with Crippen molar-refractivity contribution in [2.45, 2.75) is 12.2 Å². The van der Waals surface area contributed by atoms with Crippen molar-refractivity contribution >= 4 is 20.2 Å². The van der Waals surface area contributed by atoms with Crippen LogP contribution in [0.5, 0.6) is 0 Å². The standard InChI is InChI=1S/C10H14N2O6S2/c1-8(19(13,14)17-11)9-4-2-3-5-10(7-6-9)20(15,16)18-12/h2-8H,11-12H2,1H3/b3-2-,4-2?,5-3?,7-6?,9-4?,9-6?,10-5+,10-7?. The van der Waals surface area contributed by atoms with E-state index in [0.717, 1.165) is 0 Å². The monoisotopic (exact) mass is 322 g/mol. The lowest BCUT2D eigenvalue weighted by atomic mass is 10.1. The molecule has 0 aromatic carbocycles. The van der Waals surface area contributed by atoms with Crippen molar-refractivity contribution in [3.63, 3.8) is 0 Å². The van der Waals surface area contributed by atoms with Gasteiger partial charge in [0.05, 0.1) is 4.91 Å². The van der Waals surface area contributed by atoms with E-state index in [1.807, 2.05) is 0 Å². The summed E-state index contributed by atoms with van der Waals surface area (Å²) in [6, 6.07) is 0. The van der Waals surface area contributed by atoms with Crippen molar-refractivity contribution < 1.29 is 25.4 Å². The molecule has 4 N–H and O–H groups in total. The minimum absolute atomic E-state index is 0.222. The highest BCUT2D eigenvalue weighted by molar-refractivity contribution is 7.90. The maximum Gasteiger partial charge on any atom is 0.312 e. The first-order valence-corrected chi connectivity index (χ1v) is 8.14. The molecule has 0 spiro atoms. The van der Waals surface area contributed by atoms with Crippen LogP contribution in [-0.4, -0.2) is 22.1 Å². The molecular weight excluding hydrogens is 308 g/mol. The Hall–Kier alpha value is -1.30. The number of nitrogens with two attached hydrogens (primary N) is 2. The van der Waals surface area contributed by atoms with Gasteiger partial charge in [0.2, 0.25) is 0 Å². The van der Waals surface area contributed by atoms with Crippen molar-refractivity contribution in [3.8, 4) is 0 Å². The van der Waals surface area contributed by atoms with E-state index < -0.39 is 25.5 Å². The van der Waals surface area contributed by atoms with E-state index in [2.05, 4.69) is 14.5 Å². The molecule has 1 aliphatic rings. The summed E-state index contributed by atoms with van der Waals surface area (Å²) in [5.41, 5.74) is 0.282. The average molecular weight is 322 g/mol. The molecule has 0 aromatic rings. The van der Waals surface area contributed by atoms with Crippen LogP contribution in [0, 0.1) is 0 Å². The quantitative estimate of drug-likeness (QED) is 0.661. The summed E-state index contributed by atoms with van der Waals surface area (Å²) in [6.07, 6.45) is 8.07. The molecule has 0 heterocycles. The summed E-state index contributed by atoms with van der Waals surface area (Å²) in [5.74, 6) is 9.38. The summed E-state index contributed by atoms with van der Waals surface area (Å²) in [6.45, 7) is 1.35. The fourth-order valence-corrected chi connectivity index (χ4v) is 2.60. The van der Waals surface area contributed by atoms with Crippen molar-refractivity contribution in [1.29, 1.82) is 0 Å². The van der Waals surface area contributed by atoms with Crippen LogP contribution in [-0.2, 0) is 28.8 Å². The third-order valence-electron chi connectivity index (χ3n) is 2.55. The van der Waals surface area contributed by atoms with E-state index in [9.17, 15) is 16.8 Å². The van der Waals surface area contributed by atoms with Gasteiger partial charge >= 0.3 is 10.1 Å². The first-order chi connectivity index (χ1) is 9.24. The highest BCUT2D eigenvalue weighted by Gasteiger charge is 2.24. The molecule has 1 unspecified atom stereocenters. The predicted octanol–water partition coefficient (Wildman–Crippen LogP) is -0.249. The van der Waals surface area contributed by atoms with Gasteiger partial charge in [-0.15, -0.1) is 0 Å². The Bertz CT molecular complexity index is 685. The van der Waals surface area contributed by atoms with Gasteiger partial charge in [-0.3, -0.25) is 0 Å². The smallest absolute Gasteiger partial charge is 0.198 e. The van der Waals surface area contributed by atoms with Crippen LogP contribution in [0.2, 0.25) is 0 Å². The number of allylic oxidation sites excluding steroid dienone is 6. The van der Waals surface area contributed by atoms with Crippen LogP contribution in [0.4, 0.5) is 0 Å². The number of hydrogen-bond acceptors (Lipinski definition) is 8. The highest BCUT2D eigenvalue weighted by atomic mass is 32.2. The number of hydrogen-bond donors (Lipinski definition) is 2. The van der Waals surface area contributed by atoms with Gasteiger partial charge in [-0.05, 0) is 24.6 Å². The Labute approximate surface area is 117 Å². The summed E-state index contributed by atoms with van der Waals surface area (Å²) >= 11 is 0. The third-order valence-corrected chi connectivity index (χ3v) is 5.06. The largest absolute Gasteiger partial charge is 0.312 e. The molecule has 0 saturated heterocycles. The Morgan fingerprint density at radius 3 is 2.15 bits per heavy atom. The van der Waals surface area contributed by atoms with Crippen molar-refractivity contribution in [2.24, 2.45) is 11.8 Å². The zero-order valence-electron chi connectivity index (χ0n) is 10.5. The molecule has 0 bridgehead atoms. The van der Waals surface area contributed by atoms with Crippen LogP contribution in [0.3, 0.4) is 0 Å². The molecule has 1 atom stereocenters. The van der Waals surface area contributed by atoms with Crippen LogP contribution in [0.15, 0.2) is 46.9 Å². The molecule has 112 valence electrons. The SMILES string of the molecule is CC(C1=C/C=C\C=C(\S(=O)(=O)ON)C=C1)S(=O)(=O)ON. The molecule has 0 radical (unpaired) electrons. The van der Waals surface area contributed by atoms with Crippen LogP contribution >= 0.6 is 0 Å². The molecule has 10 heteroatoms. The first kappa shape index (κ1) is 16.8. The third kappa shape index (κ3) is 3.85. The van der Waals surface area contributed by atoms with Gasteiger partial charge in [0, 0.05) is 0 Å². The van der Waals surface area contributed by atoms with Crippen molar-refractivity contribution in [2.75, 3.05) is 0 Å². The normalized spacial score (nSPS) is 22.1. The lowest BCUT2D eigenvalue weighted by molar-refractivity contribution is 0.329. The van der Waals surface area contributed by atoms with E-state index in [4.69, 9.17) is 5.90 Å². The molecule has 0 fully saturated rings. The Balaban J connectivity index is 3.17. The van der Waals surface area contributed by atoms with Gasteiger partial charge in [-0.1, -0.05) is 24.3 Å². The maximum atomic E-state index is 11.5. The minimum atomic E-state index is -4.08. The fourth-order valence-electron chi connectivity index (χ4n) is 1.35. The second-order valence-electron chi connectivity index (χ2n) is 3.74. The van der Waals surface area contributed by atoms with Crippen molar-refractivity contribution in [1.82, 2.24) is 0 Å². The summed E-state index contributed by atoms with van der Waals surface area (Å²) < 4.78 is 53.8. The van der Waals surface area contributed by atoms with E-state index in [-0.39, 0.29) is 10.5 Å². The molecule has 0 aliphatic heterocycles. The Morgan fingerprint density at radius 2 is 1.60 bits per heavy atom. The van der Waals surface area contributed by atoms with Gasteiger partial charge in [0.1, 0.15) is 5.25 Å². The molecule has 0 amide bonds. The second-order valence-corrected chi connectivity index (χ2v) is 7.19. The zero-order chi connectivity index (χ0) is 15.4. The minimum Gasteiger partial charge on any atom is -0.198 e. The summed E-state index contributed by atoms with van der Waals surface area (Å²) in [7, 11) is -8.07. The highest BCUT2D eigenvalue weighted by Crippen LogP contribution is 2.19. The predicted molar refractivity (Wildman–Crippen MR) is 72.3 cm³/mol. The molecule has 1 aliphatic carbocycles. The Kier molecular flexibility index (Phi) is 5.39. The van der Waals surface area contributed by atoms with Crippen LogP contribution in [0.1, 0.15) is 6.92 Å². The summed E-state index contributed by atoms with van der Waals surface area (Å²) in [5, 5.41) is -1.07. The van der Waals surface area contributed by atoms with Crippen LogP contribution < -0.4 is 11.8 Å². The molecule has 0 aromatic heterocycles. The summed E-state index contributed by atoms with van der Waals surface area (Å²) in [4.78, 5) is -0.222. The maximum absolute atomic E-state index is 11.5.